The van der Waals surface area contributed by atoms with E-state index >= 15 is 0 Å². The van der Waals surface area contributed by atoms with Crippen LogP contribution in [-0.2, 0) is 38.3 Å². The van der Waals surface area contributed by atoms with Crippen molar-refractivity contribution < 1.29 is 23.9 Å². The quantitative estimate of drug-likeness (QED) is 0.742. The van der Waals surface area contributed by atoms with Crippen molar-refractivity contribution in [2.45, 2.75) is 32.6 Å². The molecule has 1 amide bonds. The maximum Gasteiger partial charge on any atom is 0.341 e. The van der Waals surface area contributed by atoms with E-state index in [1.165, 1.54) is 29.8 Å². The summed E-state index contributed by atoms with van der Waals surface area (Å²) < 4.78 is 9.94. The van der Waals surface area contributed by atoms with Gasteiger partial charge in [-0.2, -0.15) is 0 Å². The summed E-state index contributed by atoms with van der Waals surface area (Å²) in [4.78, 5) is 38.3. The Bertz CT molecular complexity index is 841. The fourth-order valence-electron chi connectivity index (χ4n) is 3.07. The highest BCUT2D eigenvalue weighted by Gasteiger charge is 2.29. The van der Waals surface area contributed by atoms with Gasteiger partial charge in [0.2, 0.25) is 0 Å². The van der Waals surface area contributed by atoms with E-state index < -0.39 is 17.8 Å². The molecule has 2 aromatic rings. The Kier molecular flexibility index (Phi) is 6.28. The van der Waals surface area contributed by atoms with Crippen molar-refractivity contribution in [2.75, 3.05) is 19.0 Å². The first kappa shape index (κ1) is 19.6. The summed E-state index contributed by atoms with van der Waals surface area (Å²) in [7, 11) is 1.33. The Morgan fingerprint density at radius 1 is 1.33 bits per heavy atom. The average molecular weight is 408 g/mol. The first-order chi connectivity index (χ1) is 13.0. The number of fused-ring (bicyclic) bond motifs is 1. The lowest BCUT2D eigenvalue weighted by Crippen LogP contribution is -2.22. The molecule has 2 heterocycles. The second-order valence-electron chi connectivity index (χ2n) is 6.51. The van der Waals surface area contributed by atoms with Crippen LogP contribution in [0.2, 0.25) is 0 Å². The molecule has 0 unspecified atom stereocenters. The molecule has 1 aliphatic rings. The summed E-state index contributed by atoms with van der Waals surface area (Å²) in [5.74, 6) is -0.832. The average Bonchev–Trinajstić information content (AvgIpc) is 3.26. The topological polar surface area (TPSA) is 81.7 Å². The minimum Gasteiger partial charge on any atom is -0.465 e. The minimum absolute atomic E-state index is 0.142. The number of hydrogen-bond donors (Lipinski definition) is 1. The van der Waals surface area contributed by atoms with E-state index in [0.717, 1.165) is 34.6 Å². The Morgan fingerprint density at radius 2 is 2.15 bits per heavy atom. The first-order valence-corrected chi connectivity index (χ1v) is 10.4. The number of carbonyl (C=O) groups excluding carboxylic acids is 3. The van der Waals surface area contributed by atoms with E-state index in [-0.39, 0.29) is 13.0 Å². The van der Waals surface area contributed by atoms with Crippen molar-refractivity contribution in [3.05, 3.63) is 38.4 Å². The molecule has 1 atom stereocenters. The Balaban J connectivity index is 1.64. The van der Waals surface area contributed by atoms with Crippen LogP contribution < -0.4 is 5.32 Å². The SMILES string of the molecule is COC(=O)c1c(NC(=O)COC(=O)Cc2cccs2)sc2c1CC[C@H](C)C2. The van der Waals surface area contributed by atoms with E-state index in [1.54, 1.807) is 0 Å². The number of rotatable bonds is 6. The van der Waals surface area contributed by atoms with Gasteiger partial charge >= 0.3 is 11.9 Å². The minimum atomic E-state index is -0.466. The second-order valence-corrected chi connectivity index (χ2v) is 8.65. The van der Waals surface area contributed by atoms with Gasteiger partial charge in [-0.1, -0.05) is 13.0 Å². The molecule has 3 rings (SSSR count). The third-order valence-corrected chi connectivity index (χ3v) is 6.46. The number of esters is 2. The lowest BCUT2D eigenvalue weighted by Gasteiger charge is -2.18. The van der Waals surface area contributed by atoms with Gasteiger partial charge in [0.05, 0.1) is 19.1 Å². The summed E-state index contributed by atoms with van der Waals surface area (Å²) in [6.07, 6.45) is 2.82. The van der Waals surface area contributed by atoms with Gasteiger partial charge in [-0.3, -0.25) is 9.59 Å². The van der Waals surface area contributed by atoms with E-state index in [4.69, 9.17) is 9.47 Å². The van der Waals surface area contributed by atoms with Crippen LogP contribution in [0.3, 0.4) is 0 Å². The van der Waals surface area contributed by atoms with Gasteiger partial charge in [0.25, 0.3) is 5.91 Å². The summed E-state index contributed by atoms with van der Waals surface area (Å²) in [6.45, 7) is 1.79. The van der Waals surface area contributed by atoms with Gasteiger partial charge in [-0.15, -0.1) is 22.7 Å². The highest BCUT2D eigenvalue weighted by molar-refractivity contribution is 7.17. The molecule has 0 saturated carbocycles. The van der Waals surface area contributed by atoms with Crippen LogP contribution in [0, 0.1) is 5.92 Å². The predicted molar refractivity (Wildman–Crippen MR) is 104 cm³/mol. The van der Waals surface area contributed by atoms with Crippen LogP contribution in [0.5, 0.6) is 0 Å². The monoisotopic (exact) mass is 407 g/mol. The molecule has 144 valence electrons. The van der Waals surface area contributed by atoms with Crippen LogP contribution >= 0.6 is 22.7 Å². The van der Waals surface area contributed by atoms with Crippen LogP contribution in [0.1, 0.15) is 39.0 Å². The van der Waals surface area contributed by atoms with Crippen LogP contribution in [0.15, 0.2) is 17.5 Å². The van der Waals surface area contributed by atoms with Gasteiger partial charge < -0.3 is 14.8 Å². The van der Waals surface area contributed by atoms with Crippen LogP contribution in [0.25, 0.3) is 0 Å². The number of amides is 1. The highest BCUT2D eigenvalue weighted by atomic mass is 32.1. The second kappa shape index (κ2) is 8.67. The summed E-state index contributed by atoms with van der Waals surface area (Å²) in [5, 5.41) is 5.07. The molecule has 0 aromatic carbocycles. The van der Waals surface area contributed by atoms with Gasteiger partial charge in [0, 0.05) is 9.75 Å². The number of thiophene rings is 2. The molecule has 1 N–H and O–H groups in total. The number of carbonyl (C=O) groups is 3. The Labute approximate surface area is 165 Å². The number of methoxy groups -OCH3 is 1. The van der Waals surface area contributed by atoms with Crippen molar-refractivity contribution >= 4 is 45.5 Å². The normalized spacial score (nSPS) is 15.7. The van der Waals surface area contributed by atoms with E-state index in [9.17, 15) is 14.4 Å². The lowest BCUT2D eigenvalue weighted by atomic mass is 9.88. The van der Waals surface area contributed by atoms with Crippen LogP contribution in [-0.4, -0.2) is 31.6 Å². The molecule has 1 aliphatic carbocycles. The fourth-order valence-corrected chi connectivity index (χ4v) is 5.18. The number of hydrogen-bond acceptors (Lipinski definition) is 7. The Morgan fingerprint density at radius 3 is 2.85 bits per heavy atom. The third-order valence-electron chi connectivity index (χ3n) is 4.42. The van der Waals surface area contributed by atoms with Crippen molar-refractivity contribution in [3.8, 4) is 0 Å². The molecular formula is C19H21NO5S2. The molecule has 2 aromatic heterocycles. The lowest BCUT2D eigenvalue weighted by molar-refractivity contribution is -0.146. The zero-order valence-electron chi connectivity index (χ0n) is 15.2. The molecule has 8 heteroatoms. The summed E-state index contributed by atoms with van der Waals surface area (Å²) in [5.41, 5.74) is 1.40. The molecule has 0 spiro atoms. The molecule has 27 heavy (non-hydrogen) atoms. The largest absolute Gasteiger partial charge is 0.465 e. The summed E-state index contributed by atoms with van der Waals surface area (Å²) in [6, 6.07) is 3.69. The van der Waals surface area contributed by atoms with Gasteiger partial charge in [-0.05, 0) is 42.2 Å². The highest BCUT2D eigenvalue weighted by Crippen LogP contribution is 2.40. The molecule has 0 radical (unpaired) electrons. The van der Waals surface area contributed by atoms with Crippen molar-refractivity contribution in [2.24, 2.45) is 5.92 Å². The van der Waals surface area contributed by atoms with Crippen molar-refractivity contribution in [1.82, 2.24) is 0 Å². The molecule has 0 fully saturated rings. The number of anilines is 1. The maximum absolute atomic E-state index is 12.2. The molecule has 0 saturated heterocycles. The van der Waals surface area contributed by atoms with Crippen molar-refractivity contribution in [3.63, 3.8) is 0 Å². The van der Waals surface area contributed by atoms with Crippen LogP contribution in [0.4, 0.5) is 5.00 Å². The van der Waals surface area contributed by atoms with Gasteiger partial charge in [0.1, 0.15) is 5.00 Å². The van der Waals surface area contributed by atoms with E-state index in [2.05, 4.69) is 12.2 Å². The summed E-state index contributed by atoms with van der Waals surface area (Å²) >= 11 is 2.86. The van der Waals surface area contributed by atoms with E-state index in [0.29, 0.717) is 16.5 Å². The molecule has 0 aliphatic heterocycles. The zero-order valence-corrected chi connectivity index (χ0v) is 16.8. The predicted octanol–water partition coefficient (Wildman–Crippen LogP) is 3.45. The first-order valence-electron chi connectivity index (χ1n) is 8.68. The van der Waals surface area contributed by atoms with E-state index in [1.807, 2.05) is 17.5 Å². The van der Waals surface area contributed by atoms with Gasteiger partial charge in [0.15, 0.2) is 6.61 Å². The van der Waals surface area contributed by atoms with Gasteiger partial charge in [-0.25, -0.2) is 4.79 Å². The van der Waals surface area contributed by atoms with Crippen molar-refractivity contribution in [1.29, 1.82) is 0 Å². The third kappa shape index (κ3) is 4.75. The molecule has 6 nitrogen and oxygen atoms in total. The smallest absolute Gasteiger partial charge is 0.341 e. The zero-order chi connectivity index (χ0) is 19.4. The fraction of sp³-hybridized carbons (Fsp3) is 0.421. The number of ether oxygens (including phenoxy) is 2. The maximum atomic E-state index is 12.2. The standard InChI is InChI=1S/C19H21NO5S2/c1-11-5-6-13-14(8-11)27-18(17(13)19(23)24-2)20-15(21)10-25-16(22)9-12-4-3-7-26-12/h3-4,7,11H,5-6,8-10H2,1-2H3,(H,20,21)/t11-/m0/s1. The Hall–Kier alpha value is -2.19. The number of nitrogens with one attached hydrogen (secondary N) is 1. The molecule has 0 bridgehead atoms. The molecular weight excluding hydrogens is 386 g/mol.